The maximum absolute atomic E-state index is 12.7. The van der Waals surface area contributed by atoms with Crippen LogP contribution in [0, 0.1) is 0 Å². The number of alkyl halides is 3. The molecule has 0 aromatic heterocycles. The van der Waals surface area contributed by atoms with E-state index in [1.807, 2.05) is 0 Å². The Morgan fingerprint density at radius 3 is 2.13 bits per heavy atom. The molecule has 0 aliphatic rings. The van der Waals surface area contributed by atoms with E-state index >= 15 is 0 Å². The molecule has 0 N–H and O–H groups in total. The van der Waals surface area contributed by atoms with Gasteiger partial charge >= 0.3 is 6.18 Å². The molecule has 0 aliphatic heterocycles. The molecule has 0 amide bonds. The molecule has 0 fully saturated rings. The molecule has 0 unspecified atom stereocenters. The summed E-state index contributed by atoms with van der Waals surface area (Å²) < 4.78 is 48.0. The molecule has 0 bridgehead atoms. The van der Waals surface area contributed by atoms with Gasteiger partial charge in [0.05, 0.1) is 5.56 Å². The lowest BCUT2D eigenvalue weighted by Gasteiger charge is -2.11. The van der Waals surface area contributed by atoms with Crippen LogP contribution >= 0.6 is 0 Å². The fourth-order valence-corrected chi connectivity index (χ4v) is 2.30. The van der Waals surface area contributed by atoms with Crippen LogP contribution in [0.2, 0.25) is 0 Å². The third kappa shape index (κ3) is 7.66. The van der Waals surface area contributed by atoms with Gasteiger partial charge in [-0.2, -0.15) is 13.2 Å². The normalized spacial score (nSPS) is 12.7. The van der Waals surface area contributed by atoms with Crippen LogP contribution in [0.15, 0.2) is 30.3 Å². The summed E-state index contributed by atoms with van der Waals surface area (Å²) in [5, 5.41) is 0. The second-order valence-corrected chi connectivity index (χ2v) is 5.39. The Bertz CT molecular complexity index is 464. The minimum absolute atomic E-state index is 0.612. The van der Waals surface area contributed by atoms with Crippen LogP contribution < -0.4 is 0 Å². The molecule has 0 spiro atoms. The monoisotopic (exact) mass is 330 g/mol. The van der Waals surface area contributed by atoms with Crippen LogP contribution in [0.4, 0.5) is 13.2 Å². The van der Waals surface area contributed by atoms with Gasteiger partial charge in [0.15, 0.2) is 0 Å². The second kappa shape index (κ2) is 10.4. The average molecular weight is 330 g/mol. The largest absolute Gasteiger partial charge is 0.416 e. The van der Waals surface area contributed by atoms with Gasteiger partial charge in [-0.05, 0) is 55.4 Å². The van der Waals surface area contributed by atoms with Crippen molar-refractivity contribution in [3.63, 3.8) is 0 Å². The highest BCUT2D eigenvalue weighted by molar-refractivity contribution is 5.65. The van der Waals surface area contributed by atoms with Crippen molar-refractivity contribution < 1.29 is 22.6 Å². The first-order valence-electron chi connectivity index (χ1n) is 7.83. The molecular formula is C18H25F3O2. The summed E-state index contributed by atoms with van der Waals surface area (Å²) in [5.74, 6) is 0. The van der Waals surface area contributed by atoms with Gasteiger partial charge < -0.3 is 9.47 Å². The van der Waals surface area contributed by atoms with Crippen LogP contribution in [0.1, 0.15) is 43.2 Å². The number of allylic oxidation sites excluding steroid dienone is 2. The van der Waals surface area contributed by atoms with Crippen molar-refractivity contribution in [1.29, 1.82) is 0 Å². The quantitative estimate of drug-likeness (QED) is 0.540. The van der Waals surface area contributed by atoms with Gasteiger partial charge in [-0.1, -0.05) is 18.2 Å². The number of methoxy groups -OCH3 is 2. The number of benzene rings is 1. The first-order valence-corrected chi connectivity index (χ1v) is 7.83. The van der Waals surface area contributed by atoms with Gasteiger partial charge in [0.1, 0.15) is 0 Å². The van der Waals surface area contributed by atoms with Crippen molar-refractivity contribution in [3.05, 3.63) is 41.5 Å². The minimum Gasteiger partial charge on any atom is -0.385 e. The van der Waals surface area contributed by atoms with Gasteiger partial charge in [0.25, 0.3) is 0 Å². The van der Waals surface area contributed by atoms with Crippen molar-refractivity contribution in [2.45, 2.75) is 38.3 Å². The highest BCUT2D eigenvalue weighted by Gasteiger charge is 2.29. The van der Waals surface area contributed by atoms with E-state index in [1.165, 1.54) is 0 Å². The Hall–Kier alpha value is -1.33. The van der Waals surface area contributed by atoms with Gasteiger partial charge in [-0.15, -0.1) is 0 Å². The first-order chi connectivity index (χ1) is 11.0. The highest BCUT2D eigenvalue weighted by Crippen LogP contribution is 2.31. The van der Waals surface area contributed by atoms with E-state index in [-0.39, 0.29) is 0 Å². The summed E-state index contributed by atoms with van der Waals surface area (Å²) in [6.45, 7) is 1.38. The summed E-state index contributed by atoms with van der Waals surface area (Å²) >= 11 is 0. The number of ether oxygens (including phenoxy) is 2. The molecule has 1 rings (SSSR count). The molecule has 0 saturated heterocycles. The third-order valence-corrected chi connectivity index (χ3v) is 3.57. The van der Waals surface area contributed by atoms with E-state index in [9.17, 15) is 13.2 Å². The molecule has 0 saturated carbocycles. The molecule has 0 aliphatic carbocycles. The van der Waals surface area contributed by atoms with Gasteiger partial charge in [-0.25, -0.2) is 0 Å². The van der Waals surface area contributed by atoms with Gasteiger partial charge in [0, 0.05) is 27.4 Å². The van der Waals surface area contributed by atoms with E-state index < -0.39 is 11.7 Å². The van der Waals surface area contributed by atoms with Crippen LogP contribution in [0.25, 0.3) is 5.57 Å². The SMILES string of the molecule is COCCC/C=C(\CCCCOC)c1ccc(C(F)(F)F)cc1. The van der Waals surface area contributed by atoms with Crippen molar-refractivity contribution in [3.8, 4) is 0 Å². The minimum atomic E-state index is -4.29. The van der Waals surface area contributed by atoms with E-state index in [0.29, 0.717) is 13.2 Å². The topological polar surface area (TPSA) is 18.5 Å². The predicted molar refractivity (Wildman–Crippen MR) is 86.3 cm³/mol. The molecular weight excluding hydrogens is 305 g/mol. The Morgan fingerprint density at radius 2 is 1.57 bits per heavy atom. The molecule has 1 aromatic rings. The van der Waals surface area contributed by atoms with Crippen molar-refractivity contribution in [1.82, 2.24) is 0 Å². The maximum atomic E-state index is 12.7. The van der Waals surface area contributed by atoms with E-state index in [2.05, 4.69) is 6.08 Å². The van der Waals surface area contributed by atoms with Crippen LogP contribution in [0.3, 0.4) is 0 Å². The zero-order valence-corrected chi connectivity index (χ0v) is 13.8. The molecule has 1 aromatic carbocycles. The number of rotatable bonds is 10. The number of unbranched alkanes of at least 4 members (excludes halogenated alkanes) is 2. The predicted octanol–water partition coefficient (Wildman–Crippen LogP) is 5.33. The lowest BCUT2D eigenvalue weighted by Crippen LogP contribution is -2.04. The zero-order valence-electron chi connectivity index (χ0n) is 13.8. The van der Waals surface area contributed by atoms with Crippen molar-refractivity contribution >= 4 is 5.57 Å². The number of hydrogen-bond acceptors (Lipinski definition) is 2. The van der Waals surface area contributed by atoms with Crippen LogP contribution in [0.5, 0.6) is 0 Å². The highest BCUT2D eigenvalue weighted by atomic mass is 19.4. The van der Waals surface area contributed by atoms with E-state index in [4.69, 9.17) is 9.47 Å². The molecule has 2 nitrogen and oxygen atoms in total. The smallest absolute Gasteiger partial charge is 0.385 e. The fourth-order valence-electron chi connectivity index (χ4n) is 2.30. The maximum Gasteiger partial charge on any atom is 0.416 e. The lowest BCUT2D eigenvalue weighted by atomic mass is 9.97. The van der Waals surface area contributed by atoms with E-state index in [0.717, 1.165) is 55.4 Å². The van der Waals surface area contributed by atoms with Gasteiger partial charge in [0.2, 0.25) is 0 Å². The number of hydrogen-bond donors (Lipinski definition) is 0. The molecule has 5 heteroatoms. The average Bonchev–Trinajstić information content (AvgIpc) is 2.53. The van der Waals surface area contributed by atoms with Crippen LogP contribution in [-0.2, 0) is 15.7 Å². The fraction of sp³-hybridized carbons (Fsp3) is 0.556. The Labute approximate surface area is 136 Å². The van der Waals surface area contributed by atoms with Crippen molar-refractivity contribution in [2.24, 2.45) is 0 Å². The molecule has 0 radical (unpaired) electrons. The van der Waals surface area contributed by atoms with Crippen molar-refractivity contribution in [2.75, 3.05) is 27.4 Å². The zero-order chi connectivity index (χ0) is 17.1. The summed E-state index contributed by atoms with van der Waals surface area (Å²) in [4.78, 5) is 0. The first kappa shape index (κ1) is 19.7. The van der Waals surface area contributed by atoms with Crippen LogP contribution in [-0.4, -0.2) is 27.4 Å². The molecule has 0 atom stereocenters. The Morgan fingerprint density at radius 1 is 0.957 bits per heavy atom. The molecule has 130 valence electrons. The molecule has 23 heavy (non-hydrogen) atoms. The Kier molecular flexibility index (Phi) is 8.95. The summed E-state index contributed by atoms with van der Waals surface area (Å²) in [5.41, 5.74) is 1.33. The summed E-state index contributed by atoms with van der Waals surface area (Å²) in [6, 6.07) is 5.41. The standard InChI is InChI=1S/C18H25F3O2/c1-22-13-5-3-7-15(8-4-6-14-23-2)16-9-11-17(12-10-16)18(19,20)21/h7,9-12H,3-6,8,13-14H2,1-2H3/b15-7+. The molecule has 0 heterocycles. The van der Waals surface area contributed by atoms with Gasteiger partial charge in [-0.3, -0.25) is 0 Å². The second-order valence-electron chi connectivity index (χ2n) is 5.39. The summed E-state index contributed by atoms with van der Waals surface area (Å²) in [6.07, 6.45) is 2.29. The third-order valence-electron chi connectivity index (χ3n) is 3.57. The lowest BCUT2D eigenvalue weighted by molar-refractivity contribution is -0.137. The summed E-state index contributed by atoms with van der Waals surface area (Å²) in [7, 11) is 3.32. The van der Waals surface area contributed by atoms with E-state index in [1.54, 1.807) is 26.4 Å². The Balaban J connectivity index is 2.76. The number of halogens is 3.